The van der Waals surface area contributed by atoms with Crippen LogP contribution in [0.25, 0.3) is 0 Å². The summed E-state index contributed by atoms with van der Waals surface area (Å²) in [7, 11) is 0. The third kappa shape index (κ3) is 75.0. The van der Waals surface area contributed by atoms with E-state index in [2.05, 4.69) is 43.5 Å². The minimum Gasteiger partial charge on any atom is -0.466 e. The van der Waals surface area contributed by atoms with Gasteiger partial charge in [0.1, 0.15) is 0 Å². The molecule has 1 amide bonds. The van der Waals surface area contributed by atoms with E-state index in [0.717, 1.165) is 44.9 Å². The first kappa shape index (κ1) is 87.1. The van der Waals surface area contributed by atoms with Crippen LogP contribution in [0.2, 0.25) is 0 Å². The van der Waals surface area contributed by atoms with Gasteiger partial charge in [-0.25, -0.2) is 0 Å². The number of carbonyl (C=O) groups is 2. The molecule has 0 saturated heterocycles. The van der Waals surface area contributed by atoms with Crippen molar-refractivity contribution in [3.05, 3.63) is 36.5 Å². The fourth-order valence-corrected chi connectivity index (χ4v) is 12.9. The summed E-state index contributed by atoms with van der Waals surface area (Å²) in [6.45, 7) is 4.95. The van der Waals surface area contributed by atoms with Crippen molar-refractivity contribution in [3.63, 3.8) is 0 Å². The van der Waals surface area contributed by atoms with Crippen LogP contribution in [0.1, 0.15) is 457 Å². The lowest BCUT2D eigenvalue weighted by Crippen LogP contribution is -2.45. The van der Waals surface area contributed by atoms with Gasteiger partial charge in [-0.15, -0.1) is 0 Å². The number of unbranched alkanes of at least 4 members (excludes halogenated alkanes) is 62. The first-order valence-corrected chi connectivity index (χ1v) is 40.8. The molecule has 0 aliphatic heterocycles. The van der Waals surface area contributed by atoms with E-state index in [4.69, 9.17) is 4.74 Å². The molecule has 0 saturated carbocycles. The largest absolute Gasteiger partial charge is 0.466 e. The smallest absolute Gasteiger partial charge is 0.305 e. The molecule has 2 unspecified atom stereocenters. The molecule has 0 heterocycles. The summed E-state index contributed by atoms with van der Waals surface area (Å²) in [5.41, 5.74) is 0. The highest BCUT2D eigenvalue weighted by Gasteiger charge is 2.18. The maximum atomic E-state index is 12.5. The summed E-state index contributed by atoms with van der Waals surface area (Å²) in [6, 6.07) is -0.627. The number of rotatable bonds is 77. The number of hydrogen-bond donors (Lipinski definition) is 3. The SMILES string of the molecule is CCCCCCCCC/C=C\CCCCCCCCCC(=O)OCCCCCCCCCCCCCC/C=C\CCCCCCCCCCCCCCCCCCCC(=O)NC(CO)C(O)/C=C/CCCCCCCCCCCCCCCCCCCCC. The van der Waals surface area contributed by atoms with Gasteiger partial charge in [-0.3, -0.25) is 9.59 Å². The first-order valence-electron chi connectivity index (χ1n) is 40.8. The molecule has 0 bridgehead atoms. The average Bonchev–Trinajstić information content (AvgIpc) is 3.55. The second-order valence-electron chi connectivity index (χ2n) is 28.1. The summed E-state index contributed by atoms with van der Waals surface area (Å²) in [4.78, 5) is 24.7. The van der Waals surface area contributed by atoms with Crippen LogP contribution in [-0.4, -0.2) is 47.4 Å². The van der Waals surface area contributed by atoms with Crippen LogP contribution in [0.15, 0.2) is 36.5 Å². The van der Waals surface area contributed by atoms with Crippen molar-refractivity contribution in [2.75, 3.05) is 13.2 Å². The lowest BCUT2D eigenvalue weighted by Gasteiger charge is -2.20. The van der Waals surface area contributed by atoms with Crippen molar-refractivity contribution >= 4 is 11.9 Å². The van der Waals surface area contributed by atoms with Gasteiger partial charge in [-0.1, -0.05) is 397 Å². The zero-order chi connectivity index (χ0) is 64.2. The van der Waals surface area contributed by atoms with E-state index in [9.17, 15) is 19.8 Å². The maximum absolute atomic E-state index is 12.5. The highest BCUT2D eigenvalue weighted by atomic mass is 16.5. The minimum absolute atomic E-state index is 0.0164. The molecular formula is C83H159NO5. The van der Waals surface area contributed by atoms with Gasteiger partial charge in [-0.2, -0.15) is 0 Å². The summed E-state index contributed by atoms with van der Waals surface area (Å²) in [6.07, 6.45) is 103. The van der Waals surface area contributed by atoms with Gasteiger partial charge in [0, 0.05) is 12.8 Å². The van der Waals surface area contributed by atoms with Gasteiger partial charge >= 0.3 is 5.97 Å². The Hall–Kier alpha value is -1.92. The molecule has 0 aromatic rings. The maximum Gasteiger partial charge on any atom is 0.305 e. The summed E-state index contributed by atoms with van der Waals surface area (Å²) in [5.74, 6) is -0.0439. The zero-order valence-corrected chi connectivity index (χ0v) is 60.4. The van der Waals surface area contributed by atoms with E-state index in [1.807, 2.05) is 6.08 Å². The van der Waals surface area contributed by atoms with Gasteiger partial charge in [-0.05, 0) is 83.5 Å². The topological polar surface area (TPSA) is 95.9 Å². The molecular weight excluding hydrogens is 1090 g/mol. The monoisotopic (exact) mass is 1250 g/mol. The number of carbonyl (C=O) groups excluding carboxylic acids is 2. The fraction of sp³-hybridized carbons (Fsp3) is 0.904. The van der Waals surface area contributed by atoms with Gasteiger partial charge < -0.3 is 20.3 Å². The van der Waals surface area contributed by atoms with Crippen LogP contribution >= 0.6 is 0 Å². The number of amides is 1. The van der Waals surface area contributed by atoms with Gasteiger partial charge in [0.25, 0.3) is 0 Å². The Morgan fingerprint density at radius 3 is 0.798 bits per heavy atom. The number of aliphatic hydroxyl groups excluding tert-OH is 2. The second-order valence-corrected chi connectivity index (χ2v) is 28.1. The van der Waals surface area contributed by atoms with Crippen molar-refractivity contribution in [3.8, 4) is 0 Å². The minimum atomic E-state index is -0.844. The second kappa shape index (κ2) is 78.5. The highest BCUT2D eigenvalue weighted by Crippen LogP contribution is 2.20. The third-order valence-corrected chi connectivity index (χ3v) is 19.1. The van der Waals surface area contributed by atoms with Gasteiger partial charge in [0.2, 0.25) is 5.91 Å². The normalized spacial score (nSPS) is 12.6. The quantitative estimate of drug-likeness (QED) is 0.0320. The summed E-state index contributed by atoms with van der Waals surface area (Å²) >= 11 is 0. The van der Waals surface area contributed by atoms with Crippen molar-refractivity contribution < 1.29 is 24.5 Å². The molecule has 3 N–H and O–H groups in total. The predicted molar refractivity (Wildman–Crippen MR) is 393 cm³/mol. The van der Waals surface area contributed by atoms with E-state index in [1.165, 1.54) is 385 Å². The van der Waals surface area contributed by atoms with Crippen LogP contribution in [0, 0.1) is 0 Å². The molecule has 0 aliphatic rings. The highest BCUT2D eigenvalue weighted by molar-refractivity contribution is 5.76. The van der Waals surface area contributed by atoms with Crippen LogP contribution in [0.4, 0.5) is 0 Å². The summed E-state index contributed by atoms with van der Waals surface area (Å²) < 4.78 is 5.51. The van der Waals surface area contributed by atoms with E-state index < -0.39 is 12.1 Å². The Kier molecular flexibility index (Phi) is 76.8. The molecule has 6 heteroatoms. The van der Waals surface area contributed by atoms with E-state index in [0.29, 0.717) is 19.4 Å². The van der Waals surface area contributed by atoms with Gasteiger partial charge in [0.05, 0.1) is 25.4 Å². The zero-order valence-electron chi connectivity index (χ0n) is 60.4. The van der Waals surface area contributed by atoms with Crippen LogP contribution in [0.3, 0.4) is 0 Å². The summed E-state index contributed by atoms with van der Waals surface area (Å²) in [5, 5.41) is 23.3. The van der Waals surface area contributed by atoms with E-state index in [-0.39, 0.29) is 18.5 Å². The molecule has 526 valence electrons. The molecule has 0 aromatic carbocycles. The number of allylic oxidation sites excluding steroid dienone is 5. The molecule has 0 rings (SSSR count). The van der Waals surface area contributed by atoms with Crippen molar-refractivity contribution in [1.29, 1.82) is 0 Å². The Balaban J connectivity index is 3.36. The number of hydrogen-bond acceptors (Lipinski definition) is 5. The van der Waals surface area contributed by atoms with E-state index >= 15 is 0 Å². The molecule has 2 atom stereocenters. The Bertz CT molecular complexity index is 1440. The fourth-order valence-electron chi connectivity index (χ4n) is 12.9. The first-order chi connectivity index (χ1) is 44.0. The Morgan fingerprint density at radius 2 is 0.528 bits per heavy atom. The number of nitrogens with one attached hydrogen (secondary N) is 1. The van der Waals surface area contributed by atoms with Crippen LogP contribution < -0.4 is 5.32 Å². The van der Waals surface area contributed by atoms with Crippen LogP contribution in [-0.2, 0) is 14.3 Å². The molecule has 0 radical (unpaired) electrons. The molecule has 89 heavy (non-hydrogen) atoms. The Morgan fingerprint density at radius 1 is 0.303 bits per heavy atom. The van der Waals surface area contributed by atoms with Crippen molar-refractivity contribution in [1.82, 2.24) is 5.32 Å². The van der Waals surface area contributed by atoms with Gasteiger partial charge in [0.15, 0.2) is 0 Å². The molecule has 6 nitrogen and oxygen atoms in total. The molecule has 0 fully saturated rings. The third-order valence-electron chi connectivity index (χ3n) is 19.1. The number of esters is 1. The van der Waals surface area contributed by atoms with Crippen LogP contribution in [0.5, 0.6) is 0 Å². The Labute approximate surface area is 557 Å². The lowest BCUT2D eigenvalue weighted by atomic mass is 10.0. The molecule has 0 aromatic heterocycles. The predicted octanol–water partition coefficient (Wildman–Crippen LogP) is 27.0. The van der Waals surface area contributed by atoms with Crippen molar-refractivity contribution in [2.24, 2.45) is 0 Å². The molecule has 0 aliphatic carbocycles. The average molecular weight is 1250 g/mol. The number of ether oxygens (including phenoxy) is 1. The number of aliphatic hydroxyl groups is 2. The lowest BCUT2D eigenvalue weighted by molar-refractivity contribution is -0.143. The standard InChI is InChI=1S/C83H159NO5/c1-3-5-7-9-11-13-15-17-19-21-23-37-40-43-47-51-55-59-63-67-71-75-81(86)80(79-85)84-82(87)76-72-68-64-60-56-52-48-44-41-38-35-33-31-29-27-25-24-26-28-30-32-34-36-39-42-46-50-54-58-62-66-70-74-78-89-83(88)77-73-69-65-61-57-53-49-45-22-20-18-16-14-12-10-8-6-4-2/h20,22,28,30,71,75,80-81,85-86H,3-19,21,23-27,29,31-70,72-74,76-79H2,1-2H3,(H,84,87)/b22-20-,30-28-,75-71+. The van der Waals surface area contributed by atoms with E-state index in [1.54, 1.807) is 6.08 Å². The van der Waals surface area contributed by atoms with Crippen molar-refractivity contribution in [2.45, 2.75) is 469 Å². The molecule has 0 spiro atoms.